The molecule has 52 heavy (non-hydrogen) atoms. The number of benzene rings is 9. The van der Waals surface area contributed by atoms with Crippen LogP contribution in [-0.4, -0.2) is 8.07 Å². The molecule has 0 spiro atoms. The summed E-state index contributed by atoms with van der Waals surface area (Å²) in [5.41, 5.74) is 11.4. The van der Waals surface area contributed by atoms with Crippen molar-refractivity contribution in [2.45, 2.75) is 26.9 Å². The third-order valence-electron chi connectivity index (χ3n) is 11.5. The highest BCUT2D eigenvalue weighted by atomic mass is 28.3. The number of aryl methyl sites for hydroxylation is 2. The second-order valence-electron chi connectivity index (χ2n) is 15.1. The van der Waals surface area contributed by atoms with Crippen LogP contribution in [0.5, 0.6) is 0 Å². The van der Waals surface area contributed by atoms with Gasteiger partial charge in [0.1, 0.15) is 8.07 Å². The highest BCUT2D eigenvalue weighted by Gasteiger charge is 2.38. The fourth-order valence-electron chi connectivity index (χ4n) is 9.01. The van der Waals surface area contributed by atoms with E-state index in [4.69, 9.17) is 0 Å². The van der Waals surface area contributed by atoms with E-state index in [0.717, 1.165) is 11.4 Å². The number of fused-ring (bicyclic) bond motifs is 8. The van der Waals surface area contributed by atoms with E-state index >= 15 is 0 Å². The molecule has 1 aliphatic rings. The Hall–Kier alpha value is -5.96. The molecule has 10 rings (SSSR count). The first-order valence-corrected chi connectivity index (χ1v) is 21.3. The molecule has 0 radical (unpaired) electrons. The van der Waals surface area contributed by atoms with Gasteiger partial charge in [-0.2, -0.15) is 0 Å². The number of anilines is 3. The Labute approximate surface area is 306 Å². The molecule has 2 heteroatoms. The van der Waals surface area contributed by atoms with Crippen molar-refractivity contribution >= 4 is 78.6 Å². The zero-order valence-electron chi connectivity index (χ0n) is 30.0. The molecular formula is C50H39NSi. The predicted molar refractivity (Wildman–Crippen MR) is 228 cm³/mol. The highest BCUT2D eigenvalue weighted by Crippen LogP contribution is 2.49. The van der Waals surface area contributed by atoms with Gasteiger partial charge in [0.15, 0.2) is 0 Å². The molecule has 0 atom stereocenters. The molecule has 0 aliphatic carbocycles. The minimum absolute atomic E-state index is 1.16. The molecule has 0 saturated heterocycles. The second-order valence-corrected chi connectivity index (χ2v) is 19.4. The lowest BCUT2D eigenvalue weighted by Gasteiger charge is -2.30. The standard InChI is InChI=1S/C50H39NSi/c1-32-13-11-16-37(27-32)51(38-17-12-14-33(2)28-38)50-42-21-9-7-19-40(42)49(41-20-8-10-22-43(41)50)36-25-26-47-45(29-36)46-31-44-35(30-48(46)52(47,3)4)24-23-34-15-5-6-18-39(34)44/h5-31H,1-4H3. The first-order valence-electron chi connectivity index (χ1n) is 18.3. The van der Waals surface area contributed by atoms with Gasteiger partial charge in [-0.1, -0.05) is 140 Å². The summed E-state index contributed by atoms with van der Waals surface area (Å²) in [7, 11) is -1.91. The Morgan fingerprint density at radius 1 is 0.404 bits per heavy atom. The molecule has 9 aromatic carbocycles. The third-order valence-corrected chi connectivity index (χ3v) is 15.0. The molecule has 248 valence electrons. The van der Waals surface area contributed by atoms with Crippen molar-refractivity contribution in [2.24, 2.45) is 0 Å². The topological polar surface area (TPSA) is 3.24 Å². The minimum Gasteiger partial charge on any atom is -0.309 e. The van der Waals surface area contributed by atoms with Gasteiger partial charge < -0.3 is 4.90 Å². The average Bonchev–Trinajstić information content (AvgIpc) is 3.38. The van der Waals surface area contributed by atoms with Crippen LogP contribution in [0.1, 0.15) is 11.1 Å². The van der Waals surface area contributed by atoms with Crippen LogP contribution < -0.4 is 15.3 Å². The summed E-state index contributed by atoms with van der Waals surface area (Å²) >= 11 is 0. The van der Waals surface area contributed by atoms with Crippen LogP contribution in [0.25, 0.3) is 65.3 Å². The molecule has 1 nitrogen and oxygen atoms in total. The first kappa shape index (κ1) is 30.8. The lowest BCUT2D eigenvalue weighted by Crippen LogP contribution is -2.49. The predicted octanol–water partition coefficient (Wildman–Crippen LogP) is 12.9. The summed E-state index contributed by atoms with van der Waals surface area (Å²) in [6.45, 7) is 9.40. The maximum atomic E-state index is 2.52. The monoisotopic (exact) mass is 681 g/mol. The Balaban J connectivity index is 1.26. The molecule has 0 saturated carbocycles. The van der Waals surface area contributed by atoms with Crippen LogP contribution in [0.4, 0.5) is 17.1 Å². The van der Waals surface area contributed by atoms with Crippen LogP contribution in [0.3, 0.4) is 0 Å². The van der Waals surface area contributed by atoms with Crippen molar-refractivity contribution < 1.29 is 0 Å². The van der Waals surface area contributed by atoms with Crippen molar-refractivity contribution in [3.63, 3.8) is 0 Å². The maximum Gasteiger partial charge on any atom is 0.113 e. The van der Waals surface area contributed by atoms with Gasteiger partial charge in [-0.25, -0.2) is 0 Å². The molecular weight excluding hydrogens is 643 g/mol. The van der Waals surface area contributed by atoms with Crippen molar-refractivity contribution in [2.75, 3.05) is 4.90 Å². The Bertz CT molecular complexity index is 2810. The summed E-state index contributed by atoms with van der Waals surface area (Å²) in [6, 6.07) is 61.6. The Morgan fingerprint density at radius 3 is 1.60 bits per heavy atom. The van der Waals surface area contributed by atoms with E-state index in [-0.39, 0.29) is 0 Å². The van der Waals surface area contributed by atoms with Crippen molar-refractivity contribution in [1.29, 1.82) is 0 Å². The van der Waals surface area contributed by atoms with E-state index < -0.39 is 8.07 Å². The van der Waals surface area contributed by atoms with Crippen molar-refractivity contribution in [1.82, 2.24) is 0 Å². The SMILES string of the molecule is Cc1cccc(N(c2cccc(C)c2)c2c3ccccc3c(-c3ccc4c(c3)-c3cc5c(ccc6ccccc65)cc3[Si]4(C)C)c3ccccc23)c1. The van der Waals surface area contributed by atoms with Gasteiger partial charge in [-0.05, 0) is 126 Å². The van der Waals surface area contributed by atoms with Gasteiger partial charge in [-0.3, -0.25) is 0 Å². The van der Waals surface area contributed by atoms with Crippen molar-refractivity contribution in [3.05, 3.63) is 175 Å². The molecule has 0 fully saturated rings. The summed E-state index contributed by atoms with van der Waals surface area (Å²) in [6.07, 6.45) is 0. The van der Waals surface area contributed by atoms with E-state index in [0.29, 0.717) is 0 Å². The number of hydrogen-bond acceptors (Lipinski definition) is 1. The number of nitrogens with zero attached hydrogens (tertiary/aromatic N) is 1. The van der Waals surface area contributed by atoms with Gasteiger partial charge in [0, 0.05) is 22.1 Å². The fraction of sp³-hybridized carbons (Fsp3) is 0.0800. The smallest absolute Gasteiger partial charge is 0.113 e. The quantitative estimate of drug-likeness (QED) is 0.102. The van der Waals surface area contributed by atoms with E-state index in [1.54, 1.807) is 5.19 Å². The van der Waals surface area contributed by atoms with Gasteiger partial charge in [0.25, 0.3) is 0 Å². The highest BCUT2D eigenvalue weighted by molar-refractivity contribution is 7.04. The van der Waals surface area contributed by atoms with Crippen molar-refractivity contribution in [3.8, 4) is 22.3 Å². The van der Waals surface area contributed by atoms with E-state index in [9.17, 15) is 0 Å². The van der Waals surface area contributed by atoms with Crippen LogP contribution in [0.15, 0.2) is 164 Å². The lowest BCUT2D eigenvalue weighted by molar-refractivity contribution is 1.28. The Kier molecular flexibility index (Phi) is 6.83. The molecule has 0 bridgehead atoms. The van der Waals surface area contributed by atoms with Gasteiger partial charge in [0.2, 0.25) is 0 Å². The minimum atomic E-state index is -1.91. The van der Waals surface area contributed by atoms with E-state index in [1.807, 2.05) is 0 Å². The molecule has 0 amide bonds. The largest absolute Gasteiger partial charge is 0.309 e. The van der Waals surface area contributed by atoms with Gasteiger partial charge in [0.05, 0.1) is 5.69 Å². The normalized spacial score (nSPS) is 13.2. The summed E-state index contributed by atoms with van der Waals surface area (Å²) in [5, 5.41) is 13.4. The first-order chi connectivity index (χ1) is 25.4. The zero-order valence-corrected chi connectivity index (χ0v) is 31.0. The van der Waals surface area contributed by atoms with Crippen LogP contribution >= 0.6 is 0 Å². The Morgan fingerprint density at radius 2 is 0.962 bits per heavy atom. The fourth-order valence-corrected chi connectivity index (χ4v) is 12.1. The molecule has 9 aromatic rings. The molecule has 0 aromatic heterocycles. The van der Waals surface area contributed by atoms with Gasteiger partial charge in [-0.15, -0.1) is 0 Å². The van der Waals surface area contributed by atoms with Crippen LogP contribution in [-0.2, 0) is 0 Å². The molecule has 1 heterocycles. The summed E-state index contributed by atoms with van der Waals surface area (Å²) in [4.78, 5) is 2.47. The maximum absolute atomic E-state index is 2.52. The van der Waals surface area contributed by atoms with Crippen LogP contribution in [0, 0.1) is 13.8 Å². The second kappa shape index (κ2) is 11.5. The average molecular weight is 682 g/mol. The molecule has 0 unspecified atom stereocenters. The number of rotatable bonds is 4. The molecule has 1 aliphatic heterocycles. The van der Waals surface area contributed by atoms with E-state index in [1.165, 1.54) is 87.3 Å². The van der Waals surface area contributed by atoms with E-state index in [2.05, 4.69) is 196 Å². The van der Waals surface area contributed by atoms with Crippen LogP contribution in [0.2, 0.25) is 13.1 Å². The van der Waals surface area contributed by atoms with Gasteiger partial charge >= 0.3 is 0 Å². The summed E-state index contributed by atoms with van der Waals surface area (Å²) < 4.78 is 0. The summed E-state index contributed by atoms with van der Waals surface area (Å²) in [5.74, 6) is 0. The number of hydrogen-bond donors (Lipinski definition) is 0. The zero-order chi connectivity index (χ0) is 35.1. The lowest BCUT2D eigenvalue weighted by atomic mass is 9.88. The third kappa shape index (κ3) is 4.61. The molecule has 0 N–H and O–H groups in total.